The smallest absolute Gasteiger partial charge is 0.223 e. The number of nitrogens with zero attached hydrogens (tertiary/aromatic N) is 2. The molecule has 0 aromatic carbocycles. The van der Waals surface area contributed by atoms with Crippen LogP contribution < -0.4 is 5.32 Å². The highest BCUT2D eigenvalue weighted by Crippen LogP contribution is 2.26. The highest BCUT2D eigenvalue weighted by Gasteiger charge is 2.24. The van der Waals surface area contributed by atoms with Gasteiger partial charge in [-0.25, -0.2) is 0 Å². The van der Waals surface area contributed by atoms with Gasteiger partial charge in [0.25, 0.3) is 0 Å². The lowest BCUT2D eigenvalue weighted by Crippen LogP contribution is -2.33. The van der Waals surface area contributed by atoms with E-state index in [1.807, 2.05) is 30.5 Å². The maximum atomic E-state index is 11.7. The number of nitrogens with one attached hydrogen (secondary N) is 1. The van der Waals surface area contributed by atoms with Gasteiger partial charge < -0.3 is 5.32 Å². The first-order valence-corrected chi connectivity index (χ1v) is 6.96. The Kier molecular flexibility index (Phi) is 3.72. The van der Waals surface area contributed by atoms with Gasteiger partial charge in [-0.1, -0.05) is 12.5 Å². The minimum absolute atomic E-state index is 0.174. The third kappa shape index (κ3) is 2.85. The molecule has 0 bridgehead atoms. The number of amides is 1. The lowest BCUT2D eigenvalue weighted by molar-refractivity contribution is -0.127. The van der Waals surface area contributed by atoms with Crippen molar-refractivity contribution >= 4 is 5.91 Å². The molecule has 102 valence electrons. The standard InChI is InChI=1S/C16H17N3O/c20-16(13-3-1-4-13)19-10-12-6-7-15(18-9-12)14-5-2-8-17-11-14/h2,5-9,11,13H,1,3-4,10H2,(H,19,20). The first-order chi connectivity index (χ1) is 9.83. The summed E-state index contributed by atoms with van der Waals surface area (Å²) in [6, 6.07) is 7.83. The molecule has 2 aromatic heterocycles. The highest BCUT2D eigenvalue weighted by molar-refractivity contribution is 5.79. The fourth-order valence-corrected chi connectivity index (χ4v) is 2.22. The third-order valence-corrected chi connectivity index (χ3v) is 3.72. The molecule has 1 saturated carbocycles. The summed E-state index contributed by atoms with van der Waals surface area (Å²) in [5.41, 5.74) is 2.91. The zero-order chi connectivity index (χ0) is 13.8. The summed E-state index contributed by atoms with van der Waals surface area (Å²) in [4.78, 5) is 20.2. The molecular weight excluding hydrogens is 250 g/mol. The summed E-state index contributed by atoms with van der Waals surface area (Å²) in [5, 5.41) is 2.97. The van der Waals surface area contributed by atoms with E-state index in [1.54, 1.807) is 12.4 Å². The normalized spacial score (nSPS) is 14.6. The number of hydrogen-bond acceptors (Lipinski definition) is 3. The lowest BCUT2D eigenvalue weighted by Gasteiger charge is -2.24. The Morgan fingerprint density at radius 2 is 2.15 bits per heavy atom. The number of carbonyl (C=O) groups is 1. The van der Waals surface area contributed by atoms with Crippen molar-refractivity contribution < 1.29 is 4.79 Å². The minimum Gasteiger partial charge on any atom is -0.352 e. The summed E-state index contributed by atoms with van der Waals surface area (Å²) in [6.45, 7) is 0.551. The second-order valence-corrected chi connectivity index (χ2v) is 5.14. The van der Waals surface area contributed by atoms with Crippen molar-refractivity contribution in [2.75, 3.05) is 0 Å². The molecule has 0 spiro atoms. The van der Waals surface area contributed by atoms with Gasteiger partial charge in [-0.15, -0.1) is 0 Å². The molecule has 2 heterocycles. The fraction of sp³-hybridized carbons (Fsp3) is 0.312. The SMILES string of the molecule is O=C(NCc1ccc(-c2cccnc2)nc1)C1CCC1. The molecule has 1 amide bonds. The van der Waals surface area contributed by atoms with Crippen LogP contribution in [-0.4, -0.2) is 15.9 Å². The maximum Gasteiger partial charge on any atom is 0.223 e. The van der Waals surface area contributed by atoms with E-state index in [0.717, 1.165) is 29.7 Å². The van der Waals surface area contributed by atoms with Crippen LogP contribution in [0.2, 0.25) is 0 Å². The Bertz CT molecular complexity index is 576. The number of aromatic nitrogens is 2. The summed E-state index contributed by atoms with van der Waals surface area (Å²) in [7, 11) is 0. The average molecular weight is 267 g/mol. The molecule has 4 nitrogen and oxygen atoms in total. The van der Waals surface area contributed by atoms with Crippen LogP contribution in [0.4, 0.5) is 0 Å². The van der Waals surface area contributed by atoms with Gasteiger partial charge >= 0.3 is 0 Å². The molecule has 1 aliphatic rings. The minimum atomic E-state index is 0.174. The topological polar surface area (TPSA) is 54.9 Å². The van der Waals surface area contributed by atoms with Gasteiger partial charge in [-0.05, 0) is 36.6 Å². The van der Waals surface area contributed by atoms with Crippen molar-refractivity contribution in [3.8, 4) is 11.3 Å². The van der Waals surface area contributed by atoms with Gasteiger partial charge in [-0.2, -0.15) is 0 Å². The highest BCUT2D eigenvalue weighted by atomic mass is 16.1. The predicted molar refractivity (Wildman–Crippen MR) is 76.7 cm³/mol. The van der Waals surface area contributed by atoms with E-state index >= 15 is 0 Å². The molecule has 0 atom stereocenters. The van der Waals surface area contributed by atoms with E-state index in [0.29, 0.717) is 6.54 Å². The Labute approximate surface area is 118 Å². The number of carbonyl (C=O) groups excluding carboxylic acids is 1. The summed E-state index contributed by atoms with van der Waals surface area (Å²) in [5.74, 6) is 0.408. The van der Waals surface area contributed by atoms with Crippen LogP contribution in [0.3, 0.4) is 0 Å². The second-order valence-electron chi connectivity index (χ2n) is 5.14. The molecule has 1 aliphatic carbocycles. The zero-order valence-electron chi connectivity index (χ0n) is 11.2. The molecule has 4 heteroatoms. The van der Waals surface area contributed by atoms with Crippen LogP contribution in [0.1, 0.15) is 24.8 Å². The van der Waals surface area contributed by atoms with Gasteiger partial charge in [0.2, 0.25) is 5.91 Å². The Balaban J connectivity index is 1.60. The Morgan fingerprint density at radius 1 is 1.25 bits per heavy atom. The quantitative estimate of drug-likeness (QED) is 0.926. The second kappa shape index (κ2) is 5.82. The average Bonchev–Trinajstić information content (AvgIpc) is 2.45. The van der Waals surface area contributed by atoms with Crippen molar-refractivity contribution in [3.63, 3.8) is 0 Å². The van der Waals surface area contributed by atoms with E-state index in [2.05, 4.69) is 15.3 Å². The lowest BCUT2D eigenvalue weighted by atomic mass is 9.85. The van der Waals surface area contributed by atoms with E-state index in [4.69, 9.17) is 0 Å². The van der Waals surface area contributed by atoms with Gasteiger partial charge in [0.1, 0.15) is 0 Å². The van der Waals surface area contributed by atoms with Crippen molar-refractivity contribution in [2.45, 2.75) is 25.8 Å². The van der Waals surface area contributed by atoms with Crippen molar-refractivity contribution in [2.24, 2.45) is 5.92 Å². The molecule has 1 fully saturated rings. The van der Waals surface area contributed by atoms with Crippen LogP contribution in [0, 0.1) is 5.92 Å². The first-order valence-electron chi connectivity index (χ1n) is 6.96. The molecule has 0 unspecified atom stereocenters. The predicted octanol–water partition coefficient (Wildman–Crippen LogP) is 2.56. The summed E-state index contributed by atoms with van der Waals surface area (Å²) in [6.07, 6.45) is 8.59. The number of hydrogen-bond donors (Lipinski definition) is 1. The van der Waals surface area contributed by atoms with Gasteiger partial charge in [-0.3, -0.25) is 14.8 Å². The third-order valence-electron chi connectivity index (χ3n) is 3.72. The molecule has 20 heavy (non-hydrogen) atoms. The van der Waals surface area contributed by atoms with E-state index in [-0.39, 0.29) is 11.8 Å². The van der Waals surface area contributed by atoms with E-state index in [9.17, 15) is 4.79 Å². The largest absolute Gasteiger partial charge is 0.352 e. The molecule has 0 saturated heterocycles. The molecule has 3 rings (SSSR count). The first kappa shape index (κ1) is 12.8. The number of rotatable bonds is 4. The van der Waals surface area contributed by atoms with Crippen LogP contribution in [-0.2, 0) is 11.3 Å². The number of pyridine rings is 2. The Morgan fingerprint density at radius 3 is 2.75 bits per heavy atom. The monoisotopic (exact) mass is 267 g/mol. The molecule has 2 aromatic rings. The van der Waals surface area contributed by atoms with Gasteiger partial charge in [0.05, 0.1) is 5.69 Å². The molecule has 0 aliphatic heterocycles. The van der Waals surface area contributed by atoms with Gasteiger partial charge in [0, 0.05) is 36.6 Å². The zero-order valence-corrected chi connectivity index (χ0v) is 11.2. The molecule has 1 N–H and O–H groups in total. The maximum absolute atomic E-state index is 11.7. The Hall–Kier alpha value is -2.23. The van der Waals surface area contributed by atoms with Crippen LogP contribution in [0.15, 0.2) is 42.9 Å². The van der Waals surface area contributed by atoms with Crippen LogP contribution in [0.5, 0.6) is 0 Å². The van der Waals surface area contributed by atoms with Crippen LogP contribution in [0.25, 0.3) is 11.3 Å². The summed E-state index contributed by atoms with van der Waals surface area (Å²) >= 11 is 0. The molecule has 0 radical (unpaired) electrons. The fourth-order valence-electron chi connectivity index (χ4n) is 2.22. The van der Waals surface area contributed by atoms with Gasteiger partial charge in [0.15, 0.2) is 0 Å². The van der Waals surface area contributed by atoms with Crippen molar-refractivity contribution in [3.05, 3.63) is 48.4 Å². The van der Waals surface area contributed by atoms with E-state index < -0.39 is 0 Å². The van der Waals surface area contributed by atoms with Crippen molar-refractivity contribution in [1.82, 2.24) is 15.3 Å². The van der Waals surface area contributed by atoms with Crippen molar-refractivity contribution in [1.29, 1.82) is 0 Å². The van der Waals surface area contributed by atoms with Crippen LogP contribution >= 0.6 is 0 Å². The summed E-state index contributed by atoms with van der Waals surface area (Å²) < 4.78 is 0. The molecular formula is C16H17N3O. The van der Waals surface area contributed by atoms with E-state index in [1.165, 1.54) is 6.42 Å².